The van der Waals surface area contributed by atoms with Gasteiger partial charge in [-0.05, 0) is 102 Å². The number of benzene rings is 10. The monoisotopic (exact) mass is 712 g/mol. The van der Waals surface area contributed by atoms with E-state index in [0.717, 1.165) is 66.1 Å². The summed E-state index contributed by atoms with van der Waals surface area (Å²) < 4.78 is 12.9. The molecule has 2 nitrogen and oxygen atoms in total. The standard InChI is InChI=1S/C54H32O2/c1-2-16-42-41(15-1)43-27-25-35(33-11-7-13-37(29-33)39-19-9-21-47-45-17-3-5-23-51(45)55-53(39)47)31-49(43)50-32-36(26-28-44(42)50)34-12-8-14-38(30-34)40-20-10-22-48-46-18-4-6-24-52(46)56-54(40)48/h1-32H. The summed E-state index contributed by atoms with van der Waals surface area (Å²) in [6.45, 7) is 0. The molecule has 0 N–H and O–H groups in total. The molecule has 0 spiro atoms. The Hall–Kier alpha value is -7.42. The second kappa shape index (κ2) is 12.0. The summed E-state index contributed by atoms with van der Waals surface area (Å²) in [5.74, 6) is 0. The molecule has 0 aliphatic rings. The zero-order chi connectivity index (χ0) is 36.7. The molecule has 2 aromatic heterocycles. The normalized spacial score (nSPS) is 11.9. The summed E-state index contributed by atoms with van der Waals surface area (Å²) in [4.78, 5) is 0. The third kappa shape index (κ3) is 4.69. The van der Waals surface area contributed by atoms with E-state index in [0.29, 0.717) is 0 Å². The highest BCUT2D eigenvalue weighted by Crippen LogP contribution is 2.42. The van der Waals surface area contributed by atoms with Crippen molar-refractivity contribution < 1.29 is 8.83 Å². The lowest BCUT2D eigenvalue weighted by molar-refractivity contribution is 0.669. The smallest absolute Gasteiger partial charge is 0.143 e. The first-order valence-corrected chi connectivity index (χ1v) is 19.2. The maximum Gasteiger partial charge on any atom is 0.143 e. The van der Waals surface area contributed by atoms with Crippen molar-refractivity contribution in [3.63, 3.8) is 0 Å². The molecule has 56 heavy (non-hydrogen) atoms. The number of rotatable bonds is 4. The van der Waals surface area contributed by atoms with Gasteiger partial charge in [0.05, 0.1) is 0 Å². The maximum atomic E-state index is 6.44. The van der Waals surface area contributed by atoms with E-state index in [1.54, 1.807) is 0 Å². The van der Waals surface area contributed by atoms with Gasteiger partial charge in [0.1, 0.15) is 22.3 Å². The molecule has 0 saturated carbocycles. The van der Waals surface area contributed by atoms with Crippen LogP contribution in [0.5, 0.6) is 0 Å². The van der Waals surface area contributed by atoms with Gasteiger partial charge >= 0.3 is 0 Å². The van der Waals surface area contributed by atoms with Gasteiger partial charge in [-0.25, -0.2) is 0 Å². The fraction of sp³-hybridized carbons (Fsp3) is 0. The Morgan fingerprint density at radius 1 is 0.214 bits per heavy atom. The van der Waals surface area contributed by atoms with E-state index >= 15 is 0 Å². The van der Waals surface area contributed by atoms with Crippen molar-refractivity contribution in [1.82, 2.24) is 0 Å². The first-order valence-electron chi connectivity index (χ1n) is 19.2. The van der Waals surface area contributed by atoms with E-state index in [2.05, 4.69) is 170 Å². The quantitative estimate of drug-likeness (QED) is 0.170. The maximum absolute atomic E-state index is 6.44. The van der Waals surface area contributed by atoms with Crippen molar-refractivity contribution in [3.05, 3.63) is 194 Å². The molecule has 2 heterocycles. The Bertz CT molecular complexity index is 3310. The van der Waals surface area contributed by atoms with Crippen LogP contribution >= 0.6 is 0 Å². The van der Waals surface area contributed by atoms with Gasteiger partial charge in [-0.15, -0.1) is 0 Å². The minimum Gasteiger partial charge on any atom is -0.455 e. The fourth-order valence-corrected chi connectivity index (χ4v) is 9.00. The molecule has 0 amide bonds. The zero-order valence-corrected chi connectivity index (χ0v) is 30.3. The van der Waals surface area contributed by atoms with Gasteiger partial charge in [-0.2, -0.15) is 0 Å². The molecule has 0 radical (unpaired) electrons. The van der Waals surface area contributed by atoms with Crippen molar-refractivity contribution in [2.45, 2.75) is 0 Å². The van der Waals surface area contributed by atoms with Crippen LogP contribution in [0.2, 0.25) is 0 Å². The van der Waals surface area contributed by atoms with E-state index in [-0.39, 0.29) is 0 Å². The number of hydrogen-bond donors (Lipinski definition) is 0. The largest absolute Gasteiger partial charge is 0.455 e. The van der Waals surface area contributed by atoms with Crippen LogP contribution in [0.1, 0.15) is 0 Å². The van der Waals surface area contributed by atoms with Crippen molar-refractivity contribution in [2.75, 3.05) is 0 Å². The number of furan rings is 2. The summed E-state index contributed by atoms with van der Waals surface area (Å²) in [6.07, 6.45) is 0. The fourth-order valence-electron chi connectivity index (χ4n) is 9.00. The van der Waals surface area contributed by atoms with Gasteiger partial charge in [-0.1, -0.05) is 158 Å². The lowest BCUT2D eigenvalue weighted by atomic mass is 9.89. The van der Waals surface area contributed by atoms with Crippen LogP contribution in [0.3, 0.4) is 0 Å². The Morgan fingerprint density at radius 2 is 0.571 bits per heavy atom. The summed E-state index contributed by atoms with van der Waals surface area (Å²) in [5, 5.41) is 12.1. The second-order valence-electron chi connectivity index (χ2n) is 14.8. The zero-order valence-electron chi connectivity index (χ0n) is 30.3. The van der Waals surface area contributed by atoms with Gasteiger partial charge in [0.25, 0.3) is 0 Å². The molecule has 0 saturated heterocycles. The van der Waals surface area contributed by atoms with Gasteiger partial charge < -0.3 is 8.83 Å². The Morgan fingerprint density at radius 3 is 1.05 bits per heavy atom. The van der Waals surface area contributed by atoms with Crippen LogP contribution in [0, 0.1) is 0 Å². The molecule has 0 atom stereocenters. The van der Waals surface area contributed by atoms with Crippen LogP contribution in [0.4, 0.5) is 0 Å². The third-order valence-electron chi connectivity index (χ3n) is 11.7. The van der Waals surface area contributed by atoms with Crippen molar-refractivity contribution >= 4 is 76.2 Å². The topological polar surface area (TPSA) is 26.3 Å². The summed E-state index contributed by atoms with van der Waals surface area (Å²) >= 11 is 0. The average molecular weight is 713 g/mol. The third-order valence-corrected chi connectivity index (χ3v) is 11.7. The highest BCUT2D eigenvalue weighted by atomic mass is 16.3. The van der Waals surface area contributed by atoms with Crippen LogP contribution < -0.4 is 0 Å². The molecule has 0 fully saturated rings. The van der Waals surface area contributed by atoms with Gasteiger partial charge in [-0.3, -0.25) is 0 Å². The number of hydrogen-bond acceptors (Lipinski definition) is 2. The molecule has 0 bridgehead atoms. The molecule has 10 aromatic carbocycles. The molecular formula is C54H32O2. The Labute approximate surface area is 322 Å². The SMILES string of the molecule is c1cc(-c2ccc3c4ccccc4c4ccc(-c5cccc(-c6cccc7c6oc6ccccc67)c5)cc4c3c2)cc(-c2cccc3c2oc2ccccc23)c1. The van der Waals surface area contributed by atoms with E-state index < -0.39 is 0 Å². The van der Waals surface area contributed by atoms with E-state index in [4.69, 9.17) is 8.83 Å². The van der Waals surface area contributed by atoms with Crippen LogP contribution in [0.15, 0.2) is 203 Å². The predicted octanol–water partition coefficient (Wildman–Crippen LogP) is 15.6. The minimum atomic E-state index is 0.911. The lowest BCUT2D eigenvalue weighted by Gasteiger charge is -2.14. The van der Waals surface area contributed by atoms with Crippen LogP contribution in [0.25, 0.3) is 121 Å². The highest BCUT2D eigenvalue weighted by Gasteiger charge is 2.16. The summed E-state index contributed by atoms with van der Waals surface area (Å²) in [7, 11) is 0. The number of para-hydroxylation sites is 4. The molecule has 12 rings (SSSR count). The highest BCUT2D eigenvalue weighted by molar-refractivity contribution is 6.26. The molecule has 0 unspecified atom stereocenters. The van der Waals surface area contributed by atoms with E-state index in [1.165, 1.54) is 54.6 Å². The molecule has 0 aliphatic heterocycles. The first-order chi connectivity index (χ1) is 27.7. The minimum absolute atomic E-state index is 0.911. The Kier molecular flexibility index (Phi) is 6.66. The van der Waals surface area contributed by atoms with E-state index in [9.17, 15) is 0 Å². The van der Waals surface area contributed by atoms with Crippen LogP contribution in [-0.4, -0.2) is 0 Å². The van der Waals surface area contributed by atoms with Gasteiger partial charge in [0.2, 0.25) is 0 Å². The number of fused-ring (bicyclic) bond motifs is 12. The average Bonchev–Trinajstić information content (AvgIpc) is 3.85. The molecule has 2 heteroatoms. The molecule has 0 aliphatic carbocycles. The summed E-state index contributed by atoms with van der Waals surface area (Å²) in [5.41, 5.74) is 12.8. The van der Waals surface area contributed by atoms with Crippen molar-refractivity contribution in [3.8, 4) is 44.5 Å². The van der Waals surface area contributed by atoms with E-state index in [1.807, 2.05) is 24.3 Å². The first kappa shape index (κ1) is 31.0. The summed E-state index contributed by atoms with van der Waals surface area (Å²) in [6, 6.07) is 69.9. The molecule has 260 valence electrons. The van der Waals surface area contributed by atoms with Crippen molar-refractivity contribution in [1.29, 1.82) is 0 Å². The Balaban J connectivity index is 1.01. The second-order valence-corrected chi connectivity index (χ2v) is 14.8. The van der Waals surface area contributed by atoms with Gasteiger partial charge in [0.15, 0.2) is 0 Å². The predicted molar refractivity (Wildman–Crippen MR) is 235 cm³/mol. The van der Waals surface area contributed by atoms with Crippen LogP contribution in [-0.2, 0) is 0 Å². The van der Waals surface area contributed by atoms with Gasteiger partial charge in [0, 0.05) is 32.7 Å². The lowest BCUT2D eigenvalue weighted by Crippen LogP contribution is -1.87. The molecule has 12 aromatic rings. The van der Waals surface area contributed by atoms with Crippen molar-refractivity contribution in [2.24, 2.45) is 0 Å². The molecular weight excluding hydrogens is 681 g/mol.